The van der Waals surface area contributed by atoms with Gasteiger partial charge in [-0.05, 0) is 6.42 Å². The Labute approximate surface area is 94.6 Å². The van der Waals surface area contributed by atoms with E-state index >= 15 is 0 Å². The first kappa shape index (κ1) is 12.0. The fourth-order valence-electron chi connectivity index (χ4n) is 1.23. The molecule has 1 saturated heterocycles. The first-order chi connectivity index (χ1) is 6.60. The summed E-state index contributed by atoms with van der Waals surface area (Å²) in [5, 5.41) is 0.206. The number of thioether (sulfide) groups is 1. The van der Waals surface area contributed by atoms with Gasteiger partial charge in [0, 0.05) is 11.7 Å². The van der Waals surface area contributed by atoms with Gasteiger partial charge < -0.3 is 4.81 Å². The molecule has 6 heteroatoms. The molecule has 1 heterocycles. The highest BCUT2D eigenvalue weighted by atomic mass is 32.2. The van der Waals surface area contributed by atoms with E-state index in [4.69, 9.17) is 0 Å². The Hall–Kier alpha value is -0.0951. The Kier molecular flexibility index (Phi) is 4.38. The zero-order chi connectivity index (χ0) is 10.7. The van der Waals surface area contributed by atoms with Crippen LogP contribution in [0.4, 0.5) is 0 Å². The maximum atomic E-state index is 11.6. The van der Waals surface area contributed by atoms with Gasteiger partial charge in [-0.1, -0.05) is 13.8 Å². The molecular weight excluding hydrogens is 217 g/mol. The van der Waals surface area contributed by atoms with Crippen LogP contribution in [0.1, 0.15) is 26.7 Å². The van der Waals surface area contributed by atoms with Crippen molar-refractivity contribution in [1.82, 2.24) is 4.81 Å². The molecule has 2 atom stereocenters. The second-order valence-corrected chi connectivity index (χ2v) is 5.14. The molecule has 77 valence electrons. The largest absolute Gasteiger partial charge is 0.334 e. The fourth-order valence-corrected chi connectivity index (χ4v) is 2.69. The van der Waals surface area contributed by atoms with E-state index in [1.807, 2.05) is 0 Å². The molecule has 1 fully saturated rings. The molecule has 1 rings (SSSR count). The first-order valence-corrected chi connectivity index (χ1v) is 6.05. The molecule has 0 aromatic rings. The van der Waals surface area contributed by atoms with Crippen LogP contribution in [0.25, 0.3) is 0 Å². The number of amides is 2. The van der Waals surface area contributed by atoms with Crippen molar-refractivity contribution in [2.75, 3.05) is 0 Å². The van der Waals surface area contributed by atoms with Crippen LogP contribution in [0.5, 0.6) is 0 Å². The lowest BCUT2D eigenvalue weighted by Crippen LogP contribution is -2.32. The van der Waals surface area contributed by atoms with Gasteiger partial charge in [-0.15, -0.1) is 11.8 Å². The van der Waals surface area contributed by atoms with Crippen LogP contribution in [0.2, 0.25) is 0 Å². The summed E-state index contributed by atoms with van der Waals surface area (Å²) in [4.78, 5) is 24.0. The van der Waals surface area contributed by atoms with Crippen LogP contribution in [-0.4, -0.2) is 33.8 Å². The fraction of sp³-hybridized carbons (Fsp3) is 0.750. The van der Waals surface area contributed by atoms with E-state index in [1.165, 1.54) is 6.69 Å². The molecule has 0 aliphatic carbocycles. The van der Waals surface area contributed by atoms with Crippen LogP contribution < -0.4 is 0 Å². The minimum Gasteiger partial charge on any atom is -0.320 e. The molecule has 1 aliphatic heterocycles. The van der Waals surface area contributed by atoms with E-state index in [9.17, 15) is 9.59 Å². The predicted molar refractivity (Wildman–Crippen MR) is 62.3 cm³/mol. The minimum atomic E-state index is -0.208. The summed E-state index contributed by atoms with van der Waals surface area (Å²) in [6, 6.07) is 0. The lowest BCUT2D eigenvalue weighted by atomic mass is 10.3. The van der Waals surface area contributed by atoms with Crippen molar-refractivity contribution in [1.29, 1.82) is 0 Å². The van der Waals surface area contributed by atoms with Crippen molar-refractivity contribution in [2.45, 2.75) is 37.2 Å². The SMILES string of the molecule is CCC(C)SC1CC(=O)N([B]S)C1=O. The van der Waals surface area contributed by atoms with Gasteiger partial charge in [0.15, 0.2) is 0 Å². The van der Waals surface area contributed by atoms with E-state index in [0.29, 0.717) is 11.7 Å². The number of hydrogen-bond donors (Lipinski definition) is 1. The van der Waals surface area contributed by atoms with Gasteiger partial charge in [0.05, 0.1) is 5.25 Å². The molecule has 0 saturated carbocycles. The zero-order valence-electron chi connectivity index (χ0n) is 8.27. The standard InChI is InChI=1S/C8H13BNO2S2/c1-3-5(2)14-6-4-7(11)10(9-13)8(6)12/h5-6,13H,3-4H2,1-2H3. The number of nitrogens with zero attached hydrogens (tertiary/aromatic N) is 1. The van der Waals surface area contributed by atoms with Crippen molar-refractivity contribution in [3.63, 3.8) is 0 Å². The predicted octanol–water partition coefficient (Wildman–Crippen LogP) is 1.11. The lowest BCUT2D eigenvalue weighted by molar-refractivity contribution is -0.132. The molecule has 0 N–H and O–H groups in total. The van der Waals surface area contributed by atoms with Crippen molar-refractivity contribution < 1.29 is 9.59 Å². The monoisotopic (exact) mass is 230 g/mol. The Morgan fingerprint density at radius 3 is 2.79 bits per heavy atom. The van der Waals surface area contributed by atoms with Crippen molar-refractivity contribution >= 4 is 42.7 Å². The Morgan fingerprint density at radius 1 is 1.71 bits per heavy atom. The molecule has 0 aromatic heterocycles. The molecule has 0 spiro atoms. The zero-order valence-corrected chi connectivity index (χ0v) is 9.98. The van der Waals surface area contributed by atoms with Crippen LogP contribution in [0, 0.1) is 0 Å². The van der Waals surface area contributed by atoms with Crippen molar-refractivity contribution in [2.24, 2.45) is 0 Å². The maximum Gasteiger partial charge on any atom is 0.334 e. The molecule has 1 aliphatic rings. The Morgan fingerprint density at radius 2 is 2.36 bits per heavy atom. The van der Waals surface area contributed by atoms with Gasteiger partial charge >= 0.3 is 6.69 Å². The highest BCUT2D eigenvalue weighted by Crippen LogP contribution is 2.29. The van der Waals surface area contributed by atoms with E-state index in [1.54, 1.807) is 11.8 Å². The summed E-state index contributed by atoms with van der Waals surface area (Å²) in [6.07, 6.45) is 1.32. The van der Waals surface area contributed by atoms with Gasteiger partial charge in [-0.25, -0.2) is 12.5 Å². The van der Waals surface area contributed by atoms with Crippen LogP contribution >= 0.6 is 24.2 Å². The van der Waals surface area contributed by atoms with E-state index < -0.39 is 0 Å². The topological polar surface area (TPSA) is 37.4 Å². The van der Waals surface area contributed by atoms with E-state index in [-0.39, 0.29) is 17.1 Å². The second-order valence-electron chi connectivity index (χ2n) is 3.27. The normalized spacial score (nSPS) is 24.2. The highest BCUT2D eigenvalue weighted by molar-refractivity contribution is 8.06. The van der Waals surface area contributed by atoms with Crippen LogP contribution in [-0.2, 0) is 9.59 Å². The molecule has 14 heavy (non-hydrogen) atoms. The average Bonchev–Trinajstić information content (AvgIpc) is 2.42. The third-order valence-corrected chi connectivity index (χ3v) is 3.95. The van der Waals surface area contributed by atoms with Crippen LogP contribution in [0.15, 0.2) is 0 Å². The summed E-state index contributed by atoms with van der Waals surface area (Å²) in [5.41, 5.74) is 0. The minimum absolute atomic E-state index is 0.129. The molecular formula is C8H13BNO2S2. The smallest absolute Gasteiger partial charge is 0.320 e. The molecule has 3 nitrogen and oxygen atoms in total. The van der Waals surface area contributed by atoms with E-state index in [2.05, 4.69) is 26.3 Å². The molecule has 1 radical (unpaired) electrons. The number of imide groups is 1. The van der Waals surface area contributed by atoms with Gasteiger partial charge in [-0.3, -0.25) is 9.59 Å². The third-order valence-electron chi connectivity index (χ3n) is 2.23. The first-order valence-electron chi connectivity index (χ1n) is 4.59. The van der Waals surface area contributed by atoms with E-state index in [0.717, 1.165) is 11.2 Å². The average molecular weight is 230 g/mol. The van der Waals surface area contributed by atoms with Gasteiger partial charge in [0.25, 0.3) is 0 Å². The summed E-state index contributed by atoms with van der Waals surface area (Å²) < 4.78 is 0. The summed E-state index contributed by atoms with van der Waals surface area (Å²) in [5.74, 6) is -0.277. The van der Waals surface area contributed by atoms with Gasteiger partial charge in [0.1, 0.15) is 0 Å². The quantitative estimate of drug-likeness (QED) is 0.446. The molecule has 2 unspecified atom stereocenters. The second kappa shape index (κ2) is 5.12. The number of rotatable bonds is 4. The molecule has 2 amide bonds. The molecule has 0 aromatic carbocycles. The third kappa shape index (κ3) is 2.48. The summed E-state index contributed by atoms with van der Waals surface area (Å²) >= 11 is 5.41. The van der Waals surface area contributed by atoms with Gasteiger partial charge in [0.2, 0.25) is 11.8 Å². The number of carbonyl (C=O) groups excluding carboxylic acids is 2. The highest BCUT2D eigenvalue weighted by Gasteiger charge is 2.38. The number of hydrogen-bond acceptors (Lipinski definition) is 4. The summed E-state index contributed by atoms with van der Waals surface area (Å²) in [6.45, 7) is 5.39. The van der Waals surface area contributed by atoms with Crippen LogP contribution in [0.3, 0.4) is 0 Å². The Bertz CT molecular complexity index is 249. The van der Waals surface area contributed by atoms with Crippen molar-refractivity contribution in [3.05, 3.63) is 0 Å². The molecule has 0 bridgehead atoms. The van der Waals surface area contributed by atoms with Gasteiger partial charge in [-0.2, -0.15) is 0 Å². The number of carbonyl (C=O) groups is 2. The van der Waals surface area contributed by atoms with Crippen molar-refractivity contribution in [3.8, 4) is 0 Å². The Balaban J connectivity index is 2.58. The lowest BCUT2D eigenvalue weighted by Gasteiger charge is -2.13. The summed E-state index contributed by atoms with van der Waals surface area (Å²) in [7, 11) is 0. The maximum absolute atomic E-state index is 11.6. The number of thiol groups is 1.